The molecule has 0 unspecified atom stereocenters. The van der Waals surface area contributed by atoms with E-state index in [0.717, 1.165) is 0 Å². The Labute approximate surface area is 93.5 Å². The second-order valence-electron chi connectivity index (χ2n) is 1.92. The highest BCUT2D eigenvalue weighted by molar-refractivity contribution is 9.10. The maximum Gasteiger partial charge on any atom is 0.197 e. The van der Waals surface area contributed by atoms with Crippen LogP contribution in [0.4, 0.5) is 5.88 Å². The average molecular weight is 242 g/mol. The first kappa shape index (κ1) is 2.51. The number of hydrogen-bond acceptors (Lipinski definition) is 3. The van der Waals surface area contributed by atoms with Crippen LogP contribution in [0.3, 0.4) is 0 Å². The Morgan fingerprint density at radius 3 is 3.42 bits per heavy atom. The molecule has 1 aromatic rings. The second-order valence-corrected chi connectivity index (χ2v) is 2.64. The third-order valence-corrected chi connectivity index (χ3v) is 1.55. The zero-order valence-corrected chi connectivity index (χ0v) is 7.23. The molecule has 1 fully saturated rings. The maximum atomic E-state index is 7.80. The molecule has 66 valence electrons. The van der Waals surface area contributed by atoms with Crippen LogP contribution in [0.1, 0.15) is 13.7 Å². The minimum atomic E-state index is -3.19. The first-order valence-corrected chi connectivity index (χ1v) is 3.72. The molecule has 0 spiro atoms. The van der Waals surface area contributed by atoms with E-state index in [1.165, 1.54) is 0 Å². The molecule has 0 aromatic carbocycles. The van der Waals surface area contributed by atoms with Crippen LogP contribution in [0.2, 0.25) is 0 Å². The molecule has 1 aromatic heterocycles. The molecule has 0 radical (unpaired) electrons. The Morgan fingerprint density at radius 1 is 2.00 bits per heavy atom. The van der Waals surface area contributed by atoms with Crippen LogP contribution < -0.4 is 4.90 Å². The van der Waals surface area contributed by atoms with Crippen LogP contribution in [0.5, 0.6) is 0 Å². The molecular weight excluding hydrogens is 222 g/mol. The maximum absolute atomic E-state index is 7.80. The fourth-order valence-electron chi connectivity index (χ4n) is 0.690. The quantitative estimate of drug-likeness (QED) is 0.791. The van der Waals surface area contributed by atoms with E-state index in [2.05, 4.69) is 20.7 Å². The SMILES string of the molecule is [2H]c1c(Br)oc(N2C([2H])([2H])C([2H])(OC([2H])([2H])[2H])C2([2H])[2H])c1[2H]. The molecule has 0 saturated carbocycles. The van der Waals surface area contributed by atoms with Gasteiger partial charge in [0.25, 0.3) is 0 Å². The predicted molar refractivity (Wildman–Crippen MR) is 49.4 cm³/mol. The normalized spacial score (nSPS) is 42.2. The minimum Gasteiger partial charge on any atom is -0.434 e. The van der Waals surface area contributed by atoms with Gasteiger partial charge < -0.3 is 14.1 Å². The number of rotatable bonds is 2. The van der Waals surface area contributed by atoms with E-state index in [4.69, 9.17) is 18.1 Å². The van der Waals surface area contributed by atoms with Crippen molar-refractivity contribution in [2.45, 2.75) is 6.08 Å². The van der Waals surface area contributed by atoms with Crippen LogP contribution in [-0.2, 0) is 4.74 Å². The molecule has 0 amide bonds. The van der Waals surface area contributed by atoms with Gasteiger partial charge in [-0.1, -0.05) is 0 Å². The third kappa shape index (κ3) is 1.36. The van der Waals surface area contributed by atoms with Crippen molar-refractivity contribution in [3.05, 3.63) is 16.8 Å². The van der Waals surface area contributed by atoms with Crippen molar-refractivity contribution in [1.82, 2.24) is 0 Å². The zero-order valence-electron chi connectivity index (χ0n) is 15.6. The van der Waals surface area contributed by atoms with Crippen LogP contribution in [0.15, 0.2) is 21.2 Å². The summed E-state index contributed by atoms with van der Waals surface area (Å²) in [5.41, 5.74) is 0. The lowest BCUT2D eigenvalue weighted by molar-refractivity contribution is 0.0762. The number of methoxy groups -OCH3 is 1. The van der Waals surface area contributed by atoms with Gasteiger partial charge in [-0.2, -0.15) is 0 Å². The van der Waals surface area contributed by atoms with Crippen LogP contribution in [0.25, 0.3) is 0 Å². The molecule has 0 N–H and O–H groups in total. The summed E-state index contributed by atoms with van der Waals surface area (Å²) in [4.78, 5) is 0.282. The topological polar surface area (TPSA) is 25.6 Å². The third-order valence-electron chi connectivity index (χ3n) is 1.19. The summed E-state index contributed by atoms with van der Waals surface area (Å²) in [7, 11) is -3.19. The Morgan fingerprint density at radius 2 is 2.83 bits per heavy atom. The number of anilines is 1. The van der Waals surface area contributed by atoms with E-state index >= 15 is 0 Å². The zero-order chi connectivity index (χ0) is 17.3. The van der Waals surface area contributed by atoms with Crippen molar-refractivity contribution < 1.29 is 22.9 Å². The van der Waals surface area contributed by atoms with Gasteiger partial charge in [0.1, 0.15) is 0 Å². The summed E-state index contributed by atoms with van der Waals surface area (Å²) < 4.78 is 84.1. The van der Waals surface area contributed by atoms with Crippen LogP contribution in [-0.4, -0.2) is 26.1 Å². The Bertz CT molecular complexity index is 595. The fourth-order valence-corrected chi connectivity index (χ4v) is 0.943. The van der Waals surface area contributed by atoms with Crippen molar-refractivity contribution in [2.75, 3.05) is 24.9 Å². The van der Waals surface area contributed by atoms with Crippen molar-refractivity contribution in [3.8, 4) is 0 Å². The van der Waals surface area contributed by atoms with Gasteiger partial charge in [-0.3, -0.25) is 0 Å². The molecule has 0 aliphatic carbocycles. The standard InChI is InChI=1S/C8H10BrNO2/c1-11-6-4-10(5-6)8-3-2-7(9)12-8/h2-3,6H,4-5H2,1H3/i1D3,2D,3D,4D2,5D2,6D. The lowest BCUT2D eigenvalue weighted by Crippen LogP contribution is -2.51. The molecule has 2 heterocycles. The van der Waals surface area contributed by atoms with E-state index in [1.807, 2.05) is 0 Å². The summed E-state index contributed by atoms with van der Waals surface area (Å²) >= 11 is 2.83. The second kappa shape index (κ2) is 3.11. The average Bonchev–Trinajstić information content (AvgIpc) is 2.54. The van der Waals surface area contributed by atoms with Gasteiger partial charge in [-0.05, 0) is 22.0 Å². The number of hydrogen-bond donors (Lipinski definition) is 0. The van der Waals surface area contributed by atoms with Crippen molar-refractivity contribution in [1.29, 1.82) is 0 Å². The Kier molecular flexibility index (Phi) is 0.651. The van der Waals surface area contributed by atoms with E-state index < -0.39 is 44.1 Å². The van der Waals surface area contributed by atoms with Gasteiger partial charge in [0.05, 0.1) is 19.8 Å². The van der Waals surface area contributed by atoms with Gasteiger partial charge in [-0.25, -0.2) is 0 Å². The minimum absolute atomic E-state index is 0.210. The number of nitrogens with zero attached hydrogens (tertiary/aromatic N) is 1. The molecule has 1 aliphatic rings. The lowest BCUT2D eigenvalue weighted by Gasteiger charge is -2.37. The molecular formula is C8H10BrNO2. The van der Waals surface area contributed by atoms with E-state index in [9.17, 15) is 0 Å². The summed E-state index contributed by atoms with van der Waals surface area (Å²) in [5.74, 6) is -0.635. The molecule has 1 aliphatic heterocycles. The highest BCUT2D eigenvalue weighted by Crippen LogP contribution is 2.26. The van der Waals surface area contributed by atoms with Crippen LogP contribution in [0, 0.1) is 0 Å². The summed E-state index contributed by atoms with van der Waals surface area (Å²) in [6, 6.07) is -1.03. The predicted octanol–water partition coefficient (Wildman–Crippen LogP) is 1.88. The van der Waals surface area contributed by atoms with Crippen molar-refractivity contribution >= 4 is 21.8 Å². The molecule has 12 heavy (non-hydrogen) atoms. The lowest BCUT2D eigenvalue weighted by atomic mass is 10.2. The first-order valence-electron chi connectivity index (χ1n) is 7.93. The molecule has 1 saturated heterocycles. The summed E-state index contributed by atoms with van der Waals surface area (Å²) in [6.07, 6.45) is -3.07. The number of furan rings is 1. The summed E-state index contributed by atoms with van der Waals surface area (Å²) in [6.45, 7) is -5.88. The Balaban J connectivity index is 2.51. The van der Waals surface area contributed by atoms with Gasteiger partial charge in [0.2, 0.25) is 0 Å². The molecule has 2 rings (SSSR count). The van der Waals surface area contributed by atoms with Gasteiger partial charge in [0, 0.05) is 26.1 Å². The van der Waals surface area contributed by atoms with E-state index in [-0.39, 0.29) is 9.57 Å². The van der Waals surface area contributed by atoms with Gasteiger partial charge in [0.15, 0.2) is 10.6 Å². The molecule has 0 atom stereocenters. The van der Waals surface area contributed by atoms with Crippen molar-refractivity contribution in [3.63, 3.8) is 0 Å². The molecule has 3 nitrogen and oxygen atoms in total. The summed E-state index contributed by atoms with van der Waals surface area (Å²) in [5, 5.41) is 0. The van der Waals surface area contributed by atoms with E-state index in [1.54, 1.807) is 0 Å². The smallest absolute Gasteiger partial charge is 0.197 e. The van der Waals surface area contributed by atoms with Crippen LogP contribution >= 0.6 is 15.9 Å². The van der Waals surface area contributed by atoms with Gasteiger partial charge >= 0.3 is 0 Å². The van der Waals surface area contributed by atoms with E-state index in [0.29, 0.717) is 0 Å². The molecule has 4 heteroatoms. The largest absolute Gasteiger partial charge is 0.434 e. The fraction of sp³-hybridized carbons (Fsp3) is 0.500. The number of halogens is 1. The number of ether oxygens (including phenoxy) is 1. The monoisotopic (exact) mass is 241 g/mol. The molecule has 0 bridgehead atoms. The van der Waals surface area contributed by atoms with Gasteiger partial charge in [-0.15, -0.1) is 0 Å². The highest BCUT2D eigenvalue weighted by atomic mass is 79.9. The Hall–Kier alpha value is -0.480. The first-order chi connectivity index (χ1) is 9.67. The highest BCUT2D eigenvalue weighted by Gasteiger charge is 2.28. The van der Waals surface area contributed by atoms with Crippen molar-refractivity contribution in [2.24, 2.45) is 0 Å².